The van der Waals surface area contributed by atoms with Gasteiger partial charge < -0.3 is 10.6 Å². The molecule has 2 aliphatic rings. The van der Waals surface area contributed by atoms with E-state index in [0.29, 0.717) is 44.8 Å². The molecule has 1 atom stereocenters. The lowest BCUT2D eigenvalue weighted by Crippen LogP contribution is -2.39. The first kappa shape index (κ1) is 21.6. The average molecular weight is 487 g/mol. The highest BCUT2D eigenvalue weighted by Crippen LogP contribution is 2.42. The summed E-state index contributed by atoms with van der Waals surface area (Å²) >= 11 is 6.42. The molecule has 35 heavy (non-hydrogen) atoms. The molecule has 174 valence electrons. The summed E-state index contributed by atoms with van der Waals surface area (Å²) in [6.07, 6.45) is 3.40. The minimum Gasteiger partial charge on any atom is -0.341 e. The molecule has 2 N–H and O–H groups in total. The van der Waals surface area contributed by atoms with E-state index in [-0.39, 0.29) is 11.9 Å². The normalized spacial score (nSPS) is 16.6. The van der Waals surface area contributed by atoms with Crippen molar-refractivity contribution in [3.63, 3.8) is 0 Å². The number of urea groups is 1. The molecule has 0 spiro atoms. The Kier molecular flexibility index (Phi) is 5.15. The number of hydrogen-bond acceptors (Lipinski definition) is 3. The zero-order valence-corrected chi connectivity index (χ0v) is 19.3. The predicted octanol–water partition coefficient (Wildman–Crippen LogP) is 5.84. The highest BCUT2D eigenvalue weighted by atomic mass is 35.5. The summed E-state index contributed by atoms with van der Waals surface area (Å²) < 4.78 is 14.2. The molecule has 2 aliphatic heterocycles. The second kappa shape index (κ2) is 8.36. The third-order valence-corrected chi connectivity index (χ3v) is 6.95. The van der Waals surface area contributed by atoms with Crippen LogP contribution in [0.2, 0.25) is 5.02 Å². The van der Waals surface area contributed by atoms with Crippen molar-refractivity contribution in [1.29, 1.82) is 0 Å². The van der Waals surface area contributed by atoms with Crippen molar-refractivity contribution in [2.45, 2.75) is 18.9 Å². The molecule has 1 aromatic heterocycles. The number of para-hydroxylation sites is 1. The van der Waals surface area contributed by atoms with Crippen molar-refractivity contribution in [2.75, 3.05) is 16.8 Å². The van der Waals surface area contributed by atoms with Gasteiger partial charge in [-0.25, -0.2) is 9.18 Å². The molecule has 6 nitrogen and oxygen atoms in total. The van der Waals surface area contributed by atoms with Crippen LogP contribution in [0.4, 0.5) is 20.6 Å². The van der Waals surface area contributed by atoms with E-state index in [2.05, 4.69) is 15.6 Å². The van der Waals surface area contributed by atoms with Crippen LogP contribution in [0.25, 0.3) is 10.9 Å². The number of anilines is 2. The lowest BCUT2D eigenvalue weighted by atomic mass is 9.93. The summed E-state index contributed by atoms with van der Waals surface area (Å²) in [6.45, 7) is 0.577. The Bertz CT molecular complexity index is 1520. The number of aromatic nitrogens is 1. The summed E-state index contributed by atoms with van der Waals surface area (Å²) in [5.41, 5.74) is 4.34. The molecule has 0 radical (unpaired) electrons. The number of rotatable bonds is 2. The van der Waals surface area contributed by atoms with Gasteiger partial charge in [-0.1, -0.05) is 35.9 Å². The van der Waals surface area contributed by atoms with Crippen molar-refractivity contribution in [3.05, 3.63) is 100.0 Å². The van der Waals surface area contributed by atoms with Crippen molar-refractivity contribution in [1.82, 2.24) is 10.3 Å². The van der Waals surface area contributed by atoms with Crippen LogP contribution in [-0.4, -0.2) is 23.5 Å². The fourth-order valence-corrected chi connectivity index (χ4v) is 5.28. The van der Waals surface area contributed by atoms with E-state index in [1.165, 1.54) is 18.2 Å². The molecule has 8 heteroatoms. The first-order valence-electron chi connectivity index (χ1n) is 11.3. The molecular weight excluding hydrogens is 467 g/mol. The van der Waals surface area contributed by atoms with Crippen LogP contribution in [0, 0.1) is 5.82 Å². The van der Waals surface area contributed by atoms with E-state index >= 15 is 0 Å². The number of fused-ring (bicyclic) bond motifs is 4. The fourth-order valence-electron chi connectivity index (χ4n) is 5.06. The molecule has 3 amide bonds. The summed E-state index contributed by atoms with van der Waals surface area (Å²) in [6, 6.07) is 16.1. The number of carbonyl (C=O) groups is 2. The van der Waals surface area contributed by atoms with Gasteiger partial charge >= 0.3 is 6.03 Å². The first-order valence-corrected chi connectivity index (χ1v) is 11.7. The number of aryl methyl sites for hydroxylation is 1. The maximum Gasteiger partial charge on any atom is 0.326 e. The molecular formula is C27H20ClFN4O2. The molecule has 1 unspecified atom stereocenters. The predicted molar refractivity (Wildman–Crippen MR) is 134 cm³/mol. The zero-order valence-electron chi connectivity index (χ0n) is 18.5. The Morgan fingerprint density at radius 3 is 2.89 bits per heavy atom. The van der Waals surface area contributed by atoms with E-state index in [4.69, 9.17) is 11.6 Å². The van der Waals surface area contributed by atoms with E-state index in [0.717, 1.165) is 24.1 Å². The van der Waals surface area contributed by atoms with Crippen molar-refractivity contribution >= 4 is 45.8 Å². The number of halogens is 2. The monoisotopic (exact) mass is 486 g/mol. The summed E-state index contributed by atoms with van der Waals surface area (Å²) in [5, 5.41) is 6.91. The molecule has 6 rings (SSSR count). The van der Waals surface area contributed by atoms with Crippen LogP contribution in [-0.2, 0) is 6.42 Å². The van der Waals surface area contributed by atoms with Crippen LogP contribution in [0.15, 0.2) is 66.9 Å². The van der Waals surface area contributed by atoms with Gasteiger partial charge in [0.1, 0.15) is 5.82 Å². The third-order valence-electron chi connectivity index (χ3n) is 6.61. The smallest absolute Gasteiger partial charge is 0.326 e. The maximum absolute atomic E-state index is 14.2. The minimum atomic E-state index is -0.728. The quantitative estimate of drug-likeness (QED) is 0.373. The SMILES string of the molecule is O=C1NC(c2cc(F)ccc2Cl)c2c(NC(=O)N3CCCc4ccccc43)cc3ncccc3c21. The minimum absolute atomic E-state index is 0.307. The van der Waals surface area contributed by atoms with Crippen LogP contribution >= 0.6 is 11.6 Å². The first-order chi connectivity index (χ1) is 17.0. The molecule has 3 heterocycles. The number of hydrogen-bond donors (Lipinski definition) is 2. The summed E-state index contributed by atoms with van der Waals surface area (Å²) in [7, 11) is 0. The second-order valence-corrected chi connectivity index (χ2v) is 9.08. The zero-order chi connectivity index (χ0) is 24.1. The standard InChI is InChI=1S/C27H20ClFN4O2/c28-19-10-9-16(29)13-18(19)25-24-21(14-20-17(7-3-11-30-20)23(24)26(34)32-25)31-27(35)33-12-4-6-15-5-1-2-8-22(15)33/h1-3,5,7-11,13-14,25H,4,6,12H2,(H,31,35)(H,32,34). The molecule has 0 saturated heterocycles. The Morgan fingerprint density at radius 2 is 2.00 bits per heavy atom. The second-order valence-electron chi connectivity index (χ2n) is 8.67. The van der Waals surface area contributed by atoms with Gasteiger partial charge in [0.2, 0.25) is 0 Å². The number of amides is 3. The molecule has 4 aromatic rings. The number of benzene rings is 3. The van der Waals surface area contributed by atoms with Crippen LogP contribution in [0.3, 0.4) is 0 Å². The van der Waals surface area contributed by atoms with E-state index in [9.17, 15) is 14.0 Å². The topological polar surface area (TPSA) is 74.3 Å². The highest BCUT2D eigenvalue weighted by Gasteiger charge is 2.36. The van der Waals surface area contributed by atoms with E-state index in [1.807, 2.05) is 30.3 Å². The molecule has 3 aromatic carbocycles. The molecule has 0 fully saturated rings. The molecule has 0 saturated carbocycles. The Morgan fingerprint density at radius 1 is 1.14 bits per heavy atom. The van der Waals surface area contributed by atoms with Crippen molar-refractivity contribution in [2.24, 2.45) is 0 Å². The van der Waals surface area contributed by atoms with E-state index in [1.54, 1.807) is 23.2 Å². The maximum atomic E-state index is 14.2. The van der Waals surface area contributed by atoms with Gasteiger partial charge in [0.25, 0.3) is 5.91 Å². The largest absolute Gasteiger partial charge is 0.341 e. The number of nitrogens with zero attached hydrogens (tertiary/aromatic N) is 2. The summed E-state index contributed by atoms with van der Waals surface area (Å²) in [5.74, 6) is -0.798. The molecule has 0 bridgehead atoms. The number of pyridine rings is 1. The van der Waals surface area contributed by atoms with Crippen LogP contribution in [0.1, 0.15) is 39.5 Å². The lowest BCUT2D eigenvalue weighted by molar-refractivity contribution is 0.0962. The Labute approximate surface area is 205 Å². The lowest BCUT2D eigenvalue weighted by Gasteiger charge is -2.30. The van der Waals surface area contributed by atoms with Crippen molar-refractivity contribution in [3.8, 4) is 0 Å². The molecule has 0 aliphatic carbocycles. The summed E-state index contributed by atoms with van der Waals surface area (Å²) in [4.78, 5) is 32.8. The van der Waals surface area contributed by atoms with Crippen LogP contribution < -0.4 is 15.5 Å². The average Bonchev–Trinajstić information content (AvgIpc) is 3.22. The number of nitrogens with one attached hydrogen (secondary N) is 2. The third kappa shape index (κ3) is 3.59. The van der Waals surface area contributed by atoms with Crippen LogP contribution in [0.5, 0.6) is 0 Å². The fraction of sp³-hybridized carbons (Fsp3) is 0.148. The highest BCUT2D eigenvalue weighted by molar-refractivity contribution is 6.31. The van der Waals surface area contributed by atoms with Gasteiger partial charge in [0.15, 0.2) is 0 Å². The van der Waals surface area contributed by atoms with Crippen molar-refractivity contribution < 1.29 is 14.0 Å². The van der Waals surface area contributed by atoms with Gasteiger partial charge in [-0.2, -0.15) is 0 Å². The van der Waals surface area contributed by atoms with Gasteiger partial charge in [-0.05, 0) is 54.8 Å². The Hall–Kier alpha value is -3.97. The van der Waals surface area contributed by atoms with Gasteiger partial charge in [0, 0.05) is 40.0 Å². The van der Waals surface area contributed by atoms with Gasteiger partial charge in [0.05, 0.1) is 22.8 Å². The van der Waals surface area contributed by atoms with Gasteiger partial charge in [-0.3, -0.25) is 14.7 Å². The Balaban J connectivity index is 1.49. The number of carbonyl (C=O) groups excluding carboxylic acids is 2. The van der Waals surface area contributed by atoms with Gasteiger partial charge in [-0.15, -0.1) is 0 Å². The van der Waals surface area contributed by atoms with E-state index < -0.39 is 11.9 Å².